The molecule has 0 saturated heterocycles. The van der Waals surface area contributed by atoms with E-state index in [0.717, 1.165) is 31.4 Å². The van der Waals surface area contributed by atoms with E-state index in [1.54, 1.807) is 6.07 Å². The molecule has 0 unspecified atom stereocenters. The number of nitrogens with zero attached hydrogens (tertiary/aromatic N) is 1. The summed E-state index contributed by atoms with van der Waals surface area (Å²) < 4.78 is 0. The fourth-order valence-corrected chi connectivity index (χ4v) is 2.02. The van der Waals surface area contributed by atoms with E-state index in [2.05, 4.69) is 21.9 Å². The van der Waals surface area contributed by atoms with Gasteiger partial charge in [-0.3, -0.25) is 9.59 Å². The standard InChI is InChI=1S/C12H14ClN3O2/c1-2-3-4-5-8-7(13)6-9-10(14-8)16-12(18)11(17)15-9/h6H,2-5H2,1H3,(H,15,17)(H,14,16,18). The molecule has 0 aliphatic heterocycles. The van der Waals surface area contributed by atoms with Crippen LogP contribution in [0.3, 0.4) is 0 Å². The van der Waals surface area contributed by atoms with Crippen LogP contribution in [0.15, 0.2) is 15.7 Å². The molecule has 0 spiro atoms. The third-order valence-electron chi connectivity index (χ3n) is 2.75. The smallest absolute Gasteiger partial charge is 0.315 e. The van der Waals surface area contributed by atoms with Crippen molar-refractivity contribution in [3.63, 3.8) is 0 Å². The molecule has 96 valence electrons. The predicted molar refractivity (Wildman–Crippen MR) is 71.2 cm³/mol. The van der Waals surface area contributed by atoms with E-state index in [-0.39, 0.29) is 0 Å². The number of pyridine rings is 1. The molecule has 0 aliphatic carbocycles. The summed E-state index contributed by atoms with van der Waals surface area (Å²) in [6.07, 6.45) is 4.00. The van der Waals surface area contributed by atoms with E-state index in [1.807, 2.05) is 0 Å². The number of hydrogen-bond acceptors (Lipinski definition) is 3. The first-order valence-electron chi connectivity index (χ1n) is 5.93. The number of aryl methyl sites for hydroxylation is 1. The molecule has 6 heteroatoms. The minimum absolute atomic E-state index is 0.371. The fraction of sp³-hybridized carbons (Fsp3) is 0.417. The van der Waals surface area contributed by atoms with Crippen molar-refractivity contribution < 1.29 is 0 Å². The molecule has 0 radical (unpaired) electrons. The molecular formula is C12H14ClN3O2. The lowest BCUT2D eigenvalue weighted by Crippen LogP contribution is -2.29. The molecule has 2 heterocycles. The van der Waals surface area contributed by atoms with Crippen molar-refractivity contribution in [1.82, 2.24) is 15.0 Å². The van der Waals surface area contributed by atoms with Gasteiger partial charge in [-0.25, -0.2) is 4.98 Å². The molecular weight excluding hydrogens is 254 g/mol. The number of nitrogens with one attached hydrogen (secondary N) is 2. The van der Waals surface area contributed by atoms with Crippen LogP contribution in [0.25, 0.3) is 11.2 Å². The Labute approximate surface area is 108 Å². The van der Waals surface area contributed by atoms with Crippen molar-refractivity contribution in [2.45, 2.75) is 32.6 Å². The Morgan fingerprint density at radius 3 is 2.67 bits per heavy atom. The van der Waals surface area contributed by atoms with Crippen LogP contribution in [0.1, 0.15) is 31.9 Å². The van der Waals surface area contributed by atoms with E-state index >= 15 is 0 Å². The zero-order valence-electron chi connectivity index (χ0n) is 10.0. The summed E-state index contributed by atoms with van der Waals surface area (Å²) in [7, 11) is 0. The highest BCUT2D eigenvalue weighted by Gasteiger charge is 2.07. The van der Waals surface area contributed by atoms with E-state index in [0.29, 0.717) is 16.2 Å². The van der Waals surface area contributed by atoms with Gasteiger partial charge in [0, 0.05) is 0 Å². The van der Waals surface area contributed by atoms with Crippen LogP contribution in [0, 0.1) is 0 Å². The Hall–Kier alpha value is -1.62. The quantitative estimate of drug-likeness (QED) is 0.657. The zero-order chi connectivity index (χ0) is 13.1. The summed E-state index contributed by atoms with van der Waals surface area (Å²) in [6, 6.07) is 1.63. The highest BCUT2D eigenvalue weighted by atomic mass is 35.5. The highest BCUT2D eigenvalue weighted by molar-refractivity contribution is 6.31. The number of rotatable bonds is 4. The molecule has 0 atom stereocenters. The molecule has 0 aromatic carbocycles. The number of aromatic amines is 2. The van der Waals surface area contributed by atoms with Crippen LogP contribution < -0.4 is 11.1 Å². The van der Waals surface area contributed by atoms with Crippen molar-refractivity contribution in [3.05, 3.63) is 37.5 Å². The van der Waals surface area contributed by atoms with Gasteiger partial charge in [-0.05, 0) is 18.9 Å². The Kier molecular flexibility index (Phi) is 3.81. The number of aromatic nitrogens is 3. The predicted octanol–water partition coefficient (Wildman–Crippen LogP) is 2.00. The monoisotopic (exact) mass is 267 g/mol. The van der Waals surface area contributed by atoms with Crippen LogP contribution in [0.4, 0.5) is 0 Å². The number of halogens is 1. The van der Waals surface area contributed by atoms with Crippen LogP contribution in [0.5, 0.6) is 0 Å². The molecule has 2 N–H and O–H groups in total. The van der Waals surface area contributed by atoms with E-state index in [9.17, 15) is 9.59 Å². The average molecular weight is 268 g/mol. The van der Waals surface area contributed by atoms with E-state index in [4.69, 9.17) is 11.6 Å². The summed E-state index contributed by atoms with van der Waals surface area (Å²) >= 11 is 6.10. The fourth-order valence-electron chi connectivity index (χ4n) is 1.78. The largest absolute Gasteiger partial charge is 0.315 e. The second-order valence-corrected chi connectivity index (χ2v) is 4.59. The van der Waals surface area contributed by atoms with Gasteiger partial charge in [-0.15, -0.1) is 0 Å². The molecule has 2 aromatic rings. The minimum atomic E-state index is -0.697. The minimum Gasteiger partial charge on any atom is -0.315 e. The van der Waals surface area contributed by atoms with Gasteiger partial charge in [0.1, 0.15) is 0 Å². The van der Waals surface area contributed by atoms with Crippen molar-refractivity contribution in [2.24, 2.45) is 0 Å². The van der Waals surface area contributed by atoms with Crippen molar-refractivity contribution in [2.75, 3.05) is 0 Å². The molecule has 5 nitrogen and oxygen atoms in total. The second kappa shape index (κ2) is 5.35. The maximum absolute atomic E-state index is 11.2. The molecule has 2 rings (SSSR count). The Balaban J connectivity index is 2.44. The van der Waals surface area contributed by atoms with Crippen LogP contribution >= 0.6 is 11.6 Å². The van der Waals surface area contributed by atoms with Gasteiger partial charge < -0.3 is 9.97 Å². The lowest BCUT2D eigenvalue weighted by atomic mass is 10.1. The molecule has 2 aromatic heterocycles. The lowest BCUT2D eigenvalue weighted by Gasteiger charge is -2.05. The summed E-state index contributed by atoms with van der Waals surface area (Å²) in [5.41, 5.74) is 0.176. The first kappa shape index (κ1) is 12.8. The number of unbranched alkanes of at least 4 members (excludes halogenated alkanes) is 2. The van der Waals surface area contributed by atoms with E-state index in [1.165, 1.54) is 0 Å². The average Bonchev–Trinajstić information content (AvgIpc) is 2.33. The number of fused-ring (bicyclic) bond motifs is 1. The molecule has 0 fully saturated rings. The van der Waals surface area contributed by atoms with Crippen LogP contribution in [0.2, 0.25) is 5.02 Å². The third-order valence-corrected chi connectivity index (χ3v) is 3.08. The summed E-state index contributed by atoms with van der Waals surface area (Å²) in [5, 5.41) is 0.515. The lowest BCUT2D eigenvalue weighted by molar-refractivity contribution is 0.708. The van der Waals surface area contributed by atoms with Gasteiger partial charge in [0.15, 0.2) is 5.65 Å². The van der Waals surface area contributed by atoms with Crippen molar-refractivity contribution in [1.29, 1.82) is 0 Å². The number of H-pyrrole nitrogens is 2. The maximum Gasteiger partial charge on any atom is 0.315 e. The van der Waals surface area contributed by atoms with Gasteiger partial charge in [0.05, 0.1) is 16.2 Å². The van der Waals surface area contributed by atoms with Gasteiger partial charge in [0.25, 0.3) is 0 Å². The first-order valence-corrected chi connectivity index (χ1v) is 6.31. The van der Waals surface area contributed by atoms with Crippen LogP contribution in [-0.2, 0) is 6.42 Å². The van der Waals surface area contributed by atoms with Gasteiger partial charge in [-0.2, -0.15) is 0 Å². The van der Waals surface area contributed by atoms with Gasteiger partial charge >= 0.3 is 11.1 Å². The van der Waals surface area contributed by atoms with Gasteiger partial charge in [-0.1, -0.05) is 31.4 Å². The summed E-state index contributed by atoms with van der Waals surface area (Å²) in [4.78, 5) is 31.6. The molecule has 0 amide bonds. The zero-order valence-corrected chi connectivity index (χ0v) is 10.8. The Morgan fingerprint density at radius 2 is 1.94 bits per heavy atom. The van der Waals surface area contributed by atoms with Gasteiger partial charge in [0.2, 0.25) is 0 Å². The molecule has 0 aliphatic rings. The van der Waals surface area contributed by atoms with Crippen LogP contribution in [-0.4, -0.2) is 15.0 Å². The third kappa shape index (κ3) is 2.61. The molecule has 18 heavy (non-hydrogen) atoms. The Morgan fingerprint density at radius 1 is 1.22 bits per heavy atom. The number of hydrogen-bond donors (Lipinski definition) is 2. The summed E-state index contributed by atoms with van der Waals surface area (Å²) in [6.45, 7) is 2.12. The molecule has 0 saturated carbocycles. The maximum atomic E-state index is 11.2. The highest BCUT2D eigenvalue weighted by Crippen LogP contribution is 2.19. The molecule has 0 bridgehead atoms. The van der Waals surface area contributed by atoms with Crippen molar-refractivity contribution >= 4 is 22.8 Å². The van der Waals surface area contributed by atoms with Crippen molar-refractivity contribution in [3.8, 4) is 0 Å². The summed E-state index contributed by atoms with van der Waals surface area (Å²) in [5.74, 6) is 0. The topological polar surface area (TPSA) is 78.6 Å². The van der Waals surface area contributed by atoms with E-state index < -0.39 is 11.1 Å². The second-order valence-electron chi connectivity index (χ2n) is 4.18. The normalized spacial score (nSPS) is 11.0. The SMILES string of the molecule is CCCCCc1nc2[nH]c(=O)c(=O)[nH]c2cc1Cl. The first-order chi connectivity index (χ1) is 8.61. The Bertz CT molecular complexity index is 675.